The van der Waals surface area contributed by atoms with Crippen LogP contribution in [0, 0.1) is 0 Å². The number of halogens is 2. The standard InChI is InChI=1S/C13H17ClN4O.HI/c14-11-4-2-10(3-5-11)12(19)15-8-9-18-13-16-6-1-7-17-13;/h2-5H,1,6-9H2,(H,15,19)(H2,16,17,18);1H. The second kappa shape index (κ2) is 9.02. The van der Waals surface area contributed by atoms with Crippen molar-refractivity contribution in [2.24, 2.45) is 4.99 Å². The summed E-state index contributed by atoms with van der Waals surface area (Å²) in [5.41, 5.74) is 0.609. The summed E-state index contributed by atoms with van der Waals surface area (Å²) in [6, 6.07) is 6.82. The first-order chi connectivity index (χ1) is 9.25. The molecular formula is C13H18ClIN4O. The molecule has 0 atom stereocenters. The Labute approximate surface area is 140 Å². The van der Waals surface area contributed by atoms with Gasteiger partial charge in [-0.15, -0.1) is 24.0 Å². The fraction of sp³-hybridized carbons (Fsp3) is 0.385. The zero-order valence-corrected chi connectivity index (χ0v) is 14.1. The molecule has 1 aromatic carbocycles. The number of carbonyl (C=O) groups excluding carboxylic acids is 1. The second-order valence-electron chi connectivity index (χ2n) is 4.20. The zero-order valence-electron chi connectivity index (χ0n) is 11.0. The number of nitrogens with zero attached hydrogens (tertiary/aromatic N) is 1. The van der Waals surface area contributed by atoms with Crippen LogP contribution in [0.5, 0.6) is 0 Å². The lowest BCUT2D eigenvalue weighted by atomic mass is 10.2. The summed E-state index contributed by atoms with van der Waals surface area (Å²) in [5.74, 6) is 0.712. The van der Waals surface area contributed by atoms with Gasteiger partial charge in [0.2, 0.25) is 0 Å². The van der Waals surface area contributed by atoms with Gasteiger partial charge in [0.05, 0.1) is 0 Å². The molecule has 0 aromatic heterocycles. The monoisotopic (exact) mass is 408 g/mol. The van der Waals surface area contributed by atoms with Crippen LogP contribution >= 0.6 is 35.6 Å². The first-order valence-corrected chi connectivity index (χ1v) is 6.69. The minimum Gasteiger partial charge on any atom is -0.356 e. The molecule has 0 fully saturated rings. The van der Waals surface area contributed by atoms with E-state index < -0.39 is 0 Å². The highest BCUT2D eigenvalue weighted by atomic mass is 127. The van der Waals surface area contributed by atoms with Gasteiger partial charge in [-0.05, 0) is 30.7 Å². The van der Waals surface area contributed by atoms with Crippen molar-refractivity contribution in [2.45, 2.75) is 6.42 Å². The van der Waals surface area contributed by atoms with Gasteiger partial charge in [-0.25, -0.2) is 0 Å². The summed E-state index contributed by atoms with van der Waals surface area (Å²) >= 11 is 5.77. The molecule has 0 aliphatic carbocycles. The third-order valence-electron chi connectivity index (χ3n) is 2.71. The van der Waals surface area contributed by atoms with E-state index in [0.29, 0.717) is 23.7 Å². The Hall–Kier alpha value is -1.02. The van der Waals surface area contributed by atoms with Crippen molar-refractivity contribution in [2.75, 3.05) is 26.2 Å². The maximum atomic E-state index is 11.8. The molecule has 5 nitrogen and oxygen atoms in total. The molecule has 110 valence electrons. The van der Waals surface area contributed by atoms with E-state index in [1.54, 1.807) is 24.3 Å². The number of nitrogens with one attached hydrogen (secondary N) is 3. The maximum absolute atomic E-state index is 11.8. The first kappa shape index (κ1) is 17.0. The van der Waals surface area contributed by atoms with Crippen molar-refractivity contribution in [1.82, 2.24) is 16.0 Å². The molecule has 1 aliphatic rings. The molecule has 0 bridgehead atoms. The smallest absolute Gasteiger partial charge is 0.251 e. The topological polar surface area (TPSA) is 65.5 Å². The van der Waals surface area contributed by atoms with Crippen LogP contribution in [-0.2, 0) is 0 Å². The van der Waals surface area contributed by atoms with Crippen molar-refractivity contribution in [3.8, 4) is 0 Å². The summed E-state index contributed by atoms with van der Waals surface area (Å²) in [6.07, 6.45) is 1.07. The number of rotatable bonds is 4. The minimum atomic E-state index is -0.1000. The van der Waals surface area contributed by atoms with Crippen molar-refractivity contribution >= 4 is 47.4 Å². The minimum absolute atomic E-state index is 0. The summed E-state index contributed by atoms with van der Waals surface area (Å²) in [5, 5.41) is 9.75. The van der Waals surface area contributed by atoms with E-state index in [1.165, 1.54) is 0 Å². The van der Waals surface area contributed by atoms with Crippen LogP contribution in [0.3, 0.4) is 0 Å². The van der Waals surface area contributed by atoms with Crippen molar-refractivity contribution in [3.05, 3.63) is 34.9 Å². The highest BCUT2D eigenvalue weighted by molar-refractivity contribution is 14.0. The zero-order chi connectivity index (χ0) is 13.5. The third kappa shape index (κ3) is 5.54. The van der Waals surface area contributed by atoms with E-state index in [1.807, 2.05) is 0 Å². The molecule has 0 saturated carbocycles. The van der Waals surface area contributed by atoms with Crippen LogP contribution in [-0.4, -0.2) is 38.0 Å². The van der Waals surface area contributed by atoms with Gasteiger partial charge < -0.3 is 16.0 Å². The molecule has 1 aromatic rings. The summed E-state index contributed by atoms with van der Waals surface area (Å²) in [4.78, 5) is 16.1. The Morgan fingerprint density at radius 3 is 2.70 bits per heavy atom. The van der Waals surface area contributed by atoms with Gasteiger partial charge >= 0.3 is 0 Å². The molecule has 1 heterocycles. The molecule has 0 unspecified atom stereocenters. The summed E-state index contributed by atoms with van der Waals surface area (Å²) < 4.78 is 0. The highest BCUT2D eigenvalue weighted by Crippen LogP contribution is 2.08. The lowest BCUT2D eigenvalue weighted by molar-refractivity contribution is 0.0954. The van der Waals surface area contributed by atoms with Crippen LogP contribution < -0.4 is 16.0 Å². The molecule has 0 radical (unpaired) electrons. The highest BCUT2D eigenvalue weighted by Gasteiger charge is 2.05. The Bertz CT molecular complexity index is 464. The SMILES string of the molecule is I.O=C(NCCNC1=NCCCN1)c1ccc(Cl)cc1. The molecule has 1 aliphatic heterocycles. The predicted molar refractivity (Wildman–Crippen MR) is 92.1 cm³/mol. The van der Waals surface area contributed by atoms with E-state index in [9.17, 15) is 4.79 Å². The lowest BCUT2D eigenvalue weighted by Gasteiger charge is -2.16. The van der Waals surface area contributed by atoms with Gasteiger partial charge in [0.25, 0.3) is 5.91 Å². The molecule has 1 amide bonds. The number of guanidine groups is 1. The van der Waals surface area contributed by atoms with Crippen LogP contribution in [0.4, 0.5) is 0 Å². The van der Waals surface area contributed by atoms with E-state index in [4.69, 9.17) is 11.6 Å². The van der Waals surface area contributed by atoms with Crippen LogP contribution in [0.25, 0.3) is 0 Å². The van der Waals surface area contributed by atoms with Crippen molar-refractivity contribution in [3.63, 3.8) is 0 Å². The Kier molecular flexibility index (Phi) is 7.68. The number of aliphatic imine (C=N–C) groups is 1. The molecule has 0 saturated heterocycles. The normalized spacial score (nSPS) is 13.6. The van der Waals surface area contributed by atoms with Crippen LogP contribution in [0.1, 0.15) is 16.8 Å². The van der Waals surface area contributed by atoms with Gasteiger partial charge in [0, 0.05) is 36.8 Å². The maximum Gasteiger partial charge on any atom is 0.251 e. The molecule has 7 heteroatoms. The van der Waals surface area contributed by atoms with E-state index in [0.717, 1.165) is 25.5 Å². The Morgan fingerprint density at radius 1 is 1.30 bits per heavy atom. The molecular weight excluding hydrogens is 391 g/mol. The quantitative estimate of drug-likeness (QED) is 0.524. The molecule has 20 heavy (non-hydrogen) atoms. The average molecular weight is 409 g/mol. The molecule has 2 rings (SSSR count). The Morgan fingerprint density at radius 2 is 2.05 bits per heavy atom. The largest absolute Gasteiger partial charge is 0.356 e. The second-order valence-corrected chi connectivity index (χ2v) is 4.64. The lowest BCUT2D eigenvalue weighted by Crippen LogP contribution is -2.43. The third-order valence-corrected chi connectivity index (χ3v) is 2.96. The van der Waals surface area contributed by atoms with Crippen LogP contribution in [0.2, 0.25) is 5.02 Å². The van der Waals surface area contributed by atoms with Crippen molar-refractivity contribution in [1.29, 1.82) is 0 Å². The fourth-order valence-electron chi connectivity index (χ4n) is 1.71. The molecule has 3 N–H and O–H groups in total. The number of benzene rings is 1. The van der Waals surface area contributed by atoms with Gasteiger partial charge in [-0.1, -0.05) is 11.6 Å². The number of hydrogen-bond donors (Lipinski definition) is 3. The number of carbonyl (C=O) groups is 1. The number of amides is 1. The molecule has 0 spiro atoms. The van der Waals surface area contributed by atoms with Crippen LogP contribution in [0.15, 0.2) is 29.3 Å². The van der Waals surface area contributed by atoms with Gasteiger partial charge in [-0.2, -0.15) is 0 Å². The summed E-state index contributed by atoms with van der Waals surface area (Å²) in [6.45, 7) is 2.99. The average Bonchev–Trinajstić information content (AvgIpc) is 2.45. The van der Waals surface area contributed by atoms with E-state index >= 15 is 0 Å². The van der Waals surface area contributed by atoms with Gasteiger partial charge in [0.15, 0.2) is 5.96 Å². The fourth-order valence-corrected chi connectivity index (χ4v) is 1.84. The van der Waals surface area contributed by atoms with Gasteiger partial charge in [0.1, 0.15) is 0 Å². The number of hydrogen-bond acceptors (Lipinski definition) is 4. The van der Waals surface area contributed by atoms with Crippen molar-refractivity contribution < 1.29 is 4.79 Å². The van der Waals surface area contributed by atoms with E-state index in [-0.39, 0.29) is 29.9 Å². The summed E-state index contributed by atoms with van der Waals surface area (Å²) in [7, 11) is 0. The predicted octanol–water partition coefficient (Wildman–Crippen LogP) is 1.63. The van der Waals surface area contributed by atoms with E-state index in [2.05, 4.69) is 20.9 Å². The van der Waals surface area contributed by atoms with Gasteiger partial charge in [-0.3, -0.25) is 9.79 Å². The Balaban J connectivity index is 0.00000200. The first-order valence-electron chi connectivity index (χ1n) is 6.31.